The largest absolute Gasteiger partial charge is 0.573 e. The summed E-state index contributed by atoms with van der Waals surface area (Å²) in [5.41, 5.74) is -1.10. The number of hydrogen-bond acceptors (Lipinski definition) is 7. The van der Waals surface area contributed by atoms with E-state index in [-0.39, 0.29) is 36.5 Å². The zero-order chi connectivity index (χ0) is 32.5. The minimum atomic E-state index is -4.98. The van der Waals surface area contributed by atoms with Gasteiger partial charge in [-0.05, 0) is 67.4 Å². The first-order chi connectivity index (χ1) is 21.9. The molecule has 8 nitrogen and oxygen atoms in total. The van der Waals surface area contributed by atoms with E-state index >= 15 is 0 Å². The molecule has 4 fully saturated rings. The molecule has 0 saturated heterocycles. The second kappa shape index (κ2) is 12.5. The highest BCUT2D eigenvalue weighted by Crippen LogP contribution is 2.58. The van der Waals surface area contributed by atoms with Crippen molar-refractivity contribution in [3.05, 3.63) is 77.5 Å². The Morgan fingerprint density at radius 1 is 0.870 bits per heavy atom. The Morgan fingerprint density at radius 3 is 2.17 bits per heavy atom. The highest BCUT2D eigenvalue weighted by molar-refractivity contribution is 5.69. The molecular weight excluding hydrogens is 616 g/mol. The van der Waals surface area contributed by atoms with Crippen molar-refractivity contribution >= 4 is 17.9 Å². The number of alkyl carbamates (subject to hydrolysis) is 1. The number of para-hydroxylation sites is 1. The fourth-order valence-electron chi connectivity index (χ4n) is 7.60. The second-order valence-electron chi connectivity index (χ2n) is 12.3. The molecule has 0 unspecified atom stereocenters. The lowest BCUT2D eigenvalue weighted by molar-refractivity contribution is -0.274. The number of ether oxygens (including phenoxy) is 2. The minimum Gasteiger partial charge on any atom is -0.445 e. The van der Waals surface area contributed by atoms with Crippen molar-refractivity contribution in [2.45, 2.75) is 63.3 Å². The maximum atomic E-state index is 13.9. The maximum Gasteiger partial charge on any atom is 0.573 e. The molecule has 4 bridgehead atoms. The van der Waals surface area contributed by atoms with E-state index in [1.165, 1.54) is 24.6 Å². The van der Waals surface area contributed by atoms with Gasteiger partial charge in [0.2, 0.25) is 5.95 Å². The summed E-state index contributed by atoms with van der Waals surface area (Å²) in [6.45, 7) is -0.183. The Kier molecular flexibility index (Phi) is 8.64. The summed E-state index contributed by atoms with van der Waals surface area (Å²) < 4.78 is 90.0. The van der Waals surface area contributed by atoms with Gasteiger partial charge in [-0.2, -0.15) is 18.2 Å². The molecule has 0 aliphatic heterocycles. The lowest BCUT2D eigenvalue weighted by atomic mass is 9.48. The van der Waals surface area contributed by atoms with Crippen LogP contribution in [-0.4, -0.2) is 34.5 Å². The number of rotatable bonds is 10. The van der Waals surface area contributed by atoms with E-state index in [2.05, 4.69) is 30.7 Å². The summed E-state index contributed by atoms with van der Waals surface area (Å²) in [6, 6.07) is 14.4. The van der Waals surface area contributed by atoms with Crippen LogP contribution in [0.5, 0.6) is 5.75 Å². The van der Waals surface area contributed by atoms with Crippen LogP contribution >= 0.6 is 0 Å². The monoisotopic (exact) mass is 649 g/mol. The molecule has 3 aromatic rings. The molecule has 46 heavy (non-hydrogen) atoms. The quantitative estimate of drug-likeness (QED) is 0.195. The number of amides is 1. The van der Waals surface area contributed by atoms with Crippen LogP contribution in [0.1, 0.15) is 48.8 Å². The molecule has 0 atom stereocenters. The Balaban J connectivity index is 1.21. The van der Waals surface area contributed by atoms with Crippen LogP contribution in [0.4, 0.5) is 42.9 Å². The number of alkyl halides is 6. The predicted molar refractivity (Wildman–Crippen MR) is 156 cm³/mol. The number of hydrogen-bond donors (Lipinski definition) is 3. The number of nitrogens with one attached hydrogen (secondary N) is 3. The van der Waals surface area contributed by atoms with E-state index < -0.39 is 47.8 Å². The fraction of sp³-hybridized carbons (Fsp3) is 0.469. The molecule has 7 rings (SSSR count). The number of nitrogens with zero attached hydrogens (tertiary/aromatic N) is 2. The van der Waals surface area contributed by atoms with Gasteiger partial charge in [0.15, 0.2) is 0 Å². The highest BCUT2D eigenvalue weighted by atomic mass is 19.4. The van der Waals surface area contributed by atoms with E-state index in [0.717, 1.165) is 37.3 Å². The van der Waals surface area contributed by atoms with Gasteiger partial charge in [0.25, 0.3) is 0 Å². The molecule has 0 spiro atoms. The van der Waals surface area contributed by atoms with Crippen molar-refractivity contribution in [2.75, 3.05) is 17.2 Å². The lowest BCUT2D eigenvalue weighted by Crippen LogP contribution is -2.69. The van der Waals surface area contributed by atoms with Crippen molar-refractivity contribution in [3.63, 3.8) is 0 Å². The molecule has 3 N–H and O–H groups in total. The summed E-state index contributed by atoms with van der Waals surface area (Å²) in [7, 11) is 0. The maximum absolute atomic E-state index is 13.9. The third-order valence-corrected chi connectivity index (χ3v) is 9.42. The molecule has 4 aliphatic rings. The van der Waals surface area contributed by atoms with E-state index in [9.17, 15) is 31.1 Å². The first-order valence-corrected chi connectivity index (χ1v) is 15.1. The zero-order valence-electron chi connectivity index (χ0n) is 24.6. The van der Waals surface area contributed by atoms with Gasteiger partial charge in [0.05, 0.1) is 5.54 Å². The Morgan fingerprint density at radius 2 is 1.52 bits per heavy atom. The van der Waals surface area contributed by atoms with Gasteiger partial charge in [-0.25, -0.2) is 9.78 Å². The van der Waals surface area contributed by atoms with Gasteiger partial charge in [-0.3, -0.25) is 0 Å². The third-order valence-electron chi connectivity index (χ3n) is 9.42. The number of aromatic nitrogens is 2. The summed E-state index contributed by atoms with van der Waals surface area (Å²) in [6.07, 6.45) is -4.90. The van der Waals surface area contributed by atoms with E-state index in [4.69, 9.17) is 4.74 Å². The summed E-state index contributed by atoms with van der Waals surface area (Å²) in [5, 5.41) is 8.75. The Bertz CT molecular complexity index is 1510. The first kappa shape index (κ1) is 31.7. The number of carbonyl (C=O) groups excluding carboxylic acids is 1. The first-order valence-electron chi connectivity index (χ1n) is 15.1. The fourth-order valence-corrected chi connectivity index (χ4v) is 7.60. The topological polar surface area (TPSA) is 97.4 Å². The van der Waals surface area contributed by atoms with Crippen LogP contribution in [0.15, 0.2) is 60.8 Å². The van der Waals surface area contributed by atoms with Crippen molar-refractivity contribution < 1.29 is 40.6 Å². The van der Waals surface area contributed by atoms with Crippen LogP contribution in [0.2, 0.25) is 0 Å². The van der Waals surface area contributed by atoms with E-state index in [0.29, 0.717) is 18.0 Å². The van der Waals surface area contributed by atoms with Gasteiger partial charge in [0.1, 0.15) is 23.7 Å². The van der Waals surface area contributed by atoms with Gasteiger partial charge in [0, 0.05) is 24.8 Å². The number of carbonyl (C=O) groups is 1. The molecule has 1 aromatic heterocycles. The van der Waals surface area contributed by atoms with Crippen LogP contribution in [-0.2, 0) is 24.1 Å². The third kappa shape index (κ3) is 7.10. The predicted octanol–water partition coefficient (Wildman–Crippen LogP) is 7.54. The van der Waals surface area contributed by atoms with Gasteiger partial charge >= 0.3 is 18.6 Å². The van der Waals surface area contributed by atoms with E-state index in [1.807, 2.05) is 30.3 Å². The zero-order valence-corrected chi connectivity index (χ0v) is 24.6. The molecule has 2 aromatic carbocycles. The molecule has 1 amide bonds. The molecule has 14 heteroatoms. The van der Waals surface area contributed by atoms with Crippen LogP contribution in [0, 0.1) is 23.7 Å². The highest BCUT2D eigenvalue weighted by Gasteiger charge is 2.58. The van der Waals surface area contributed by atoms with Crippen molar-refractivity contribution in [1.82, 2.24) is 15.3 Å². The summed E-state index contributed by atoms with van der Waals surface area (Å²) in [5.74, 6) is 0.136. The van der Waals surface area contributed by atoms with Gasteiger partial charge in [-0.1, -0.05) is 48.5 Å². The number of benzene rings is 2. The molecule has 4 saturated carbocycles. The van der Waals surface area contributed by atoms with Gasteiger partial charge in [-0.15, -0.1) is 13.2 Å². The van der Waals surface area contributed by atoms with Crippen LogP contribution in [0.25, 0.3) is 0 Å². The summed E-state index contributed by atoms with van der Waals surface area (Å²) >= 11 is 0. The average molecular weight is 650 g/mol. The van der Waals surface area contributed by atoms with Crippen molar-refractivity contribution in [3.8, 4) is 5.75 Å². The van der Waals surface area contributed by atoms with Gasteiger partial charge < -0.3 is 25.4 Å². The second-order valence-corrected chi connectivity index (χ2v) is 12.3. The smallest absolute Gasteiger partial charge is 0.445 e. The molecule has 0 radical (unpaired) electrons. The normalized spacial score (nSPS) is 25.2. The van der Waals surface area contributed by atoms with Crippen LogP contribution < -0.4 is 20.7 Å². The molecule has 4 aliphatic carbocycles. The molecule has 1 heterocycles. The Hall–Kier alpha value is -4.23. The average Bonchev–Trinajstić information content (AvgIpc) is 3.00. The standard InChI is InChI=1S/C32H33F6N5O3/c33-31(34,35)25-16-40-28(42-27(25)39-15-22-8-4-5-9-26(22)46-32(36,37)38)41-18-30(23-11-20-10-21(13-23)14-24(30)12-20)43-29(44)45-17-19-6-2-1-3-7-19/h1-9,16,20-21,23-24H,10-15,17-18H2,(H,43,44)(H2,39,40,41,42). The number of halogens is 6. The SMILES string of the molecule is O=C(NC1(CNc2ncc(C(F)(F)F)c(NCc3ccccc3OC(F)(F)F)n2)C2CC3CC(C2)CC1C3)OCc1ccccc1. The molecule has 246 valence electrons. The lowest BCUT2D eigenvalue weighted by Gasteiger charge is -2.61. The summed E-state index contributed by atoms with van der Waals surface area (Å²) in [4.78, 5) is 21.2. The van der Waals surface area contributed by atoms with Crippen molar-refractivity contribution in [2.24, 2.45) is 23.7 Å². The van der Waals surface area contributed by atoms with Crippen LogP contribution in [0.3, 0.4) is 0 Å². The number of anilines is 2. The van der Waals surface area contributed by atoms with E-state index in [1.54, 1.807) is 0 Å². The van der Waals surface area contributed by atoms with Crippen molar-refractivity contribution in [1.29, 1.82) is 0 Å². The Labute approximate surface area is 261 Å². The minimum absolute atomic E-state index is 0.0214. The molecular formula is C32H33F6N5O3.